The van der Waals surface area contributed by atoms with E-state index in [0.717, 1.165) is 17.1 Å². The molecule has 2 nitrogen and oxygen atoms in total. The molecule has 0 radical (unpaired) electrons. The summed E-state index contributed by atoms with van der Waals surface area (Å²) in [7, 11) is 0. The highest BCUT2D eigenvalue weighted by Gasteiger charge is 2.19. The van der Waals surface area contributed by atoms with Crippen LogP contribution in [-0.2, 0) is 0 Å². The van der Waals surface area contributed by atoms with E-state index >= 15 is 0 Å². The van der Waals surface area contributed by atoms with Crippen molar-refractivity contribution in [1.29, 1.82) is 0 Å². The number of aliphatic imine (C=N–C) groups is 2. The molecule has 0 aromatic heterocycles. The topological polar surface area (TPSA) is 24.7 Å². The van der Waals surface area contributed by atoms with E-state index in [9.17, 15) is 0 Å². The van der Waals surface area contributed by atoms with Gasteiger partial charge in [-0.1, -0.05) is 39.0 Å². The summed E-state index contributed by atoms with van der Waals surface area (Å²) in [6.07, 6.45) is 6.26. The molecular weight excluding hydrogens is 288 g/mol. The summed E-state index contributed by atoms with van der Waals surface area (Å²) in [5.74, 6) is 0. The van der Waals surface area contributed by atoms with Crippen molar-refractivity contribution in [2.24, 2.45) is 9.98 Å². The Labute approximate surface area is 138 Å². The van der Waals surface area contributed by atoms with Gasteiger partial charge in [0.1, 0.15) is 0 Å². The summed E-state index contributed by atoms with van der Waals surface area (Å²) in [5.41, 5.74) is 3.00. The zero-order valence-electron chi connectivity index (χ0n) is 14.0. The highest BCUT2D eigenvalue weighted by molar-refractivity contribution is 8.05. The number of nitrogens with zero attached hydrogens (tertiary/aromatic N) is 2. The maximum atomic E-state index is 4.73. The minimum Gasteiger partial charge on any atom is -0.281 e. The second kappa shape index (κ2) is 7.10. The van der Waals surface area contributed by atoms with Gasteiger partial charge in [-0.25, -0.2) is 4.99 Å². The third-order valence-corrected chi connectivity index (χ3v) is 3.93. The summed E-state index contributed by atoms with van der Waals surface area (Å²) >= 11 is 1.84. The van der Waals surface area contributed by atoms with E-state index in [1.807, 2.05) is 48.2 Å². The van der Waals surface area contributed by atoms with Gasteiger partial charge in [0, 0.05) is 15.7 Å². The van der Waals surface area contributed by atoms with Crippen LogP contribution in [0.2, 0.25) is 0 Å². The van der Waals surface area contributed by atoms with Crippen LogP contribution in [0.15, 0.2) is 63.4 Å². The van der Waals surface area contributed by atoms with Gasteiger partial charge >= 0.3 is 0 Å². The lowest BCUT2D eigenvalue weighted by Gasteiger charge is -2.22. The Kier molecular flexibility index (Phi) is 5.41. The largest absolute Gasteiger partial charge is 0.281 e. The van der Waals surface area contributed by atoms with Gasteiger partial charge in [0.05, 0.1) is 17.1 Å². The second-order valence-electron chi connectivity index (χ2n) is 6.54. The predicted octanol–water partition coefficient (Wildman–Crippen LogP) is 5.59. The Morgan fingerprint density at radius 2 is 1.68 bits per heavy atom. The van der Waals surface area contributed by atoms with Crippen molar-refractivity contribution in [1.82, 2.24) is 0 Å². The smallest absolute Gasteiger partial charge is 0.0714 e. The summed E-state index contributed by atoms with van der Waals surface area (Å²) in [6, 6.07) is 10.3. The van der Waals surface area contributed by atoms with E-state index in [-0.39, 0.29) is 10.8 Å². The van der Waals surface area contributed by atoms with E-state index in [0.29, 0.717) is 0 Å². The predicted molar refractivity (Wildman–Crippen MR) is 101 cm³/mol. The van der Waals surface area contributed by atoms with Crippen LogP contribution in [0.25, 0.3) is 0 Å². The molecule has 1 aliphatic carbocycles. The molecule has 0 spiro atoms. The van der Waals surface area contributed by atoms with Crippen molar-refractivity contribution in [3.8, 4) is 0 Å². The molecule has 0 atom stereocenters. The average Bonchev–Trinajstić information content (AvgIpc) is 2.41. The van der Waals surface area contributed by atoms with E-state index in [4.69, 9.17) is 9.98 Å². The Morgan fingerprint density at radius 3 is 2.27 bits per heavy atom. The fraction of sp³-hybridized carbons (Fsp3) is 0.368. The van der Waals surface area contributed by atoms with E-state index < -0.39 is 0 Å². The molecule has 0 bridgehead atoms. The van der Waals surface area contributed by atoms with Crippen LogP contribution < -0.4 is 0 Å². The van der Waals surface area contributed by atoms with Gasteiger partial charge in [0.25, 0.3) is 0 Å². The van der Waals surface area contributed by atoms with Gasteiger partial charge in [-0.3, -0.25) is 4.99 Å². The molecule has 0 amide bonds. The molecule has 116 valence electrons. The molecule has 22 heavy (non-hydrogen) atoms. The summed E-state index contributed by atoms with van der Waals surface area (Å²) in [6.45, 7) is 10.9. The van der Waals surface area contributed by atoms with Gasteiger partial charge in [0.2, 0.25) is 0 Å². The van der Waals surface area contributed by atoms with Gasteiger partial charge in [-0.2, -0.15) is 0 Å². The van der Waals surface area contributed by atoms with E-state index in [1.54, 1.807) is 0 Å². The SMILES string of the molecule is CC(C)N=C1C=CC(=Nc2ccccc2)C=C1SC(C)(C)C. The first kappa shape index (κ1) is 16.8. The molecule has 0 heterocycles. The zero-order valence-corrected chi connectivity index (χ0v) is 14.8. The number of benzene rings is 1. The maximum Gasteiger partial charge on any atom is 0.0714 e. The Morgan fingerprint density at radius 1 is 1.00 bits per heavy atom. The maximum absolute atomic E-state index is 4.73. The molecule has 0 saturated carbocycles. The van der Waals surface area contributed by atoms with Gasteiger partial charge in [-0.05, 0) is 44.2 Å². The number of thioether (sulfide) groups is 1. The summed E-state index contributed by atoms with van der Waals surface area (Å²) in [4.78, 5) is 10.6. The number of hydrogen-bond donors (Lipinski definition) is 0. The van der Waals surface area contributed by atoms with Crippen molar-refractivity contribution in [2.75, 3.05) is 0 Å². The van der Waals surface area contributed by atoms with Crippen molar-refractivity contribution in [3.05, 3.63) is 53.5 Å². The van der Waals surface area contributed by atoms with Crippen molar-refractivity contribution in [3.63, 3.8) is 0 Å². The van der Waals surface area contributed by atoms with Crippen molar-refractivity contribution >= 4 is 28.9 Å². The van der Waals surface area contributed by atoms with Crippen LogP contribution in [0.5, 0.6) is 0 Å². The Hall–Kier alpha value is -1.61. The van der Waals surface area contributed by atoms with E-state index in [1.165, 1.54) is 4.91 Å². The van der Waals surface area contributed by atoms with Gasteiger partial charge in [0.15, 0.2) is 0 Å². The molecule has 0 aliphatic heterocycles. The lowest BCUT2D eigenvalue weighted by atomic mass is 10.1. The first-order valence-corrected chi connectivity index (χ1v) is 8.46. The minimum atomic E-state index is 0.145. The number of para-hydroxylation sites is 1. The lowest BCUT2D eigenvalue weighted by Crippen LogP contribution is -2.15. The standard InChI is InChI=1S/C19H24N2S/c1-14(2)20-17-12-11-16(13-18(17)22-19(3,4)5)21-15-9-7-6-8-10-15/h6-14H,1-5H3. The second-order valence-corrected chi connectivity index (χ2v) is 8.41. The molecule has 0 fully saturated rings. The number of hydrogen-bond acceptors (Lipinski definition) is 3. The number of rotatable bonds is 3. The fourth-order valence-electron chi connectivity index (χ4n) is 2.02. The first-order chi connectivity index (χ1) is 10.3. The highest BCUT2D eigenvalue weighted by Crippen LogP contribution is 2.34. The average molecular weight is 312 g/mol. The molecular formula is C19H24N2S. The van der Waals surface area contributed by atoms with Crippen LogP contribution in [0.3, 0.4) is 0 Å². The van der Waals surface area contributed by atoms with E-state index in [2.05, 4.69) is 46.8 Å². The molecule has 1 aromatic carbocycles. The molecule has 1 aromatic rings. The van der Waals surface area contributed by atoms with Crippen molar-refractivity contribution in [2.45, 2.75) is 45.4 Å². The first-order valence-electron chi connectivity index (χ1n) is 7.64. The fourth-order valence-corrected chi connectivity index (χ4v) is 3.09. The normalized spacial score (nSPS) is 19.1. The molecule has 3 heteroatoms. The third kappa shape index (κ3) is 5.30. The van der Waals surface area contributed by atoms with Crippen LogP contribution in [0.4, 0.5) is 5.69 Å². The molecule has 1 aliphatic rings. The van der Waals surface area contributed by atoms with Crippen LogP contribution >= 0.6 is 11.8 Å². The highest BCUT2D eigenvalue weighted by atomic mass is 32.2. The number of allylic oxidation sites excluding steroid dienone is 4. The molecule has 0 N–H and O–H groups in total. The quantitative estimate of drug-likeness (QED) is 0.667. The van der Waals surface area contributed by atoms with Crippen LogP contribution in [0.1, 0.15) is 34.6 Å². The molecule has 2 rings (SSSR count). The van der Waals surface area contributed by atoms with Crippen molar-refractivity contribution < 1.29 is 0 Å². The van der Waals surface area contributed by atoms with Gasteiger partial charge < -0.3 is 0 Å². The monoisotopic (exact) mass is 312 g/mol. The lowest BCUT2D eigenvalue weighted by molar-refractivity contribution is 0.806. The summed E-state index contributed by atoms with van der Waals surface area (Å²) in [5, 5.41) is 0. The van der Waals surface area contributed by atoms with Crippen LogP contribution in [0, 0.1) is 0 Å². The zero-order chi connectivity index (χ0) is 16.2. The Bertz CT molecular complexity index is 629. The minimum absolute atomic E-state index is 0.145. The van der Waals surface area contributed by atoms with Gasteiger partial charge in [-0.15, -0.1) is 11.8 Å². The molecule has 0 unspecified atom stereocenters. The third-order valence-electron chi connectivity index (χ3n) is 2.77. The Balaban J connectivity index is 2.35. The summed E-state index contributed by atoms with van der Waals surface area (Å²) < 4.78 is 0.145. The molecule has 0 saturated heterocycles. The van der Waals surface area contributed by atoms with Crippen LogP contribution in [-0.4, -0.2) is 22.2 Å².